The predicted octanol–water partition coefficient (Wildman–Crippen LogP) is 1.62. The molecular formula is C14H11ClN4O3. The van der Waals surface area contributed by atoms with Crippen molar-refractivity contribution in [3.8, 4) is 0 Å². The van der Waals surface area contributed by atoms with Crippen LogP contribution in [0.5, 0.6) is 0 Å². The van der Waals surface area contributed by atoms with Crippen LogP contribution in [0.4, 0.5) is 0 Å². The Morgan fingerprint density at radius 3 is 2.36 bits per heavy atom. The highest BCUT2D eigenvalue weighted by atomic mass is 35.5. The van der Waals surface area contributed by atoms with Gasteiger partial charge < -0.3 is 0 Å². The molecule has 8 heteroatoms. The van der Waals surface area contributed by atoms with E-state index in [9.17, 15) is 9.59 Å². The third-order valence-corrected chi connectivity index (χ3v) is 2.98. The number of carbonyl (C=O) groups is 2. The van der Waals surface area contributed by atoms with Gasteiger partial charge in [0.05, 0.1) is 6.21 Å². The zero-order chi connectivity index (χ0) is 15.9. The quantitative estimate of drug-likeness (QED) is 0.345. The molecule has 0 radical (unpaired) electrons. The van der Waals surface area contributed by atoms with Gasteiger partial charge in [0.2, 0.25) is 0 Å². The van der Waals surface area contributed by atoms with Crippen LogP contribution in [0.15, 0.2) is 47.7 Å². The van der Waals surface area contributed by atoms with Crippen LogP contribution in [0, 0.1) is 0 Å². The van der Waals surface area contributed by atoms with Crippen molar-refractivity contribution in [1.29, 1.82) is 0 Å². The van der Waals surface area contributed by atoms with Crippen molar-refractivity contribution in [2.45, 2.75) is 0 Å². The van der Waals surface area contributed by atoms with E-state index in [1.807, 2.05) is 0 Å². The van der Waals surface area contributed by atoms with Crippen molar-refractivity contribution in [3.05, 3.63) is 64.4 Å². The van der Waals surface area contributed by atoms with Gasteiger partial charge in [-0.2, -0.15) is 5.10 Å². The minimum Gasteiger partial charge on any atom is -0.288 e. The summed E-state index contributed by atoms with van der Waals surface area (Å²) in [6.45, 7) is 0. The first-order valence-electron chi connectivity index (χ1n) is 6.10. The Balaban J connectivity index is 2.01. The number of hydrazone groups is 1. The topological polar surface area (TPSA) is 104 Å². The van der Waals surface area contributed by atoms with Crippen LogP contribution < -0.4 is 10.9 Å². The molecule has 0 bridgehead atoms. The summed E-state index contributed by atoms with van der Waals surface area (Å²) in [5.41, 5.74) is 4.94. The van der Waals surface area contributed by atoms with Gasteiger partial charge in [0.25, 0.3) is 11.8 Å². The molecule has 0 saturated heterocycles. The number of nitrogens with zero attached hydrogens (tertiary/aromatic N) is 2. The van der Waals surface area contributed by atoms with Gasteiger partial charge in [0.1, 0.15) is 5.15 Å². The highest BCUT2D eigenvalue weighted by Crippen LogP contribution is 2.08. The molecule has 0 unspecified atom stereocenters. The van der Waals surface area contributed by atoms with Gasteiger partial charge in [-0.3, -0.25) is 14.8 Å². The summed E-state index contributed by atoms with van der Waals surface area (Å²) in [5, 5.41) is 12.6. The molecule has 22 heavy (non-hydrogen) atoms. The van der Waals surface area contributed by atoms with Gasteiger partial charge in [-0.15, -0.1) is 0 Å². The number of carbonyl (C=O) groups excluding carboxylic acids is 2. The van der Waals surface area contributed by atoms with Crippen LogP contribution in [-0.2, 0) is 0 Å². The molecule has 2 rings (SSSR count). The molecule has 0 fully saturated rings. The monoisotopic (exact) mass is 318 g/mol. The van der Waals surface area contributed by atoms with Gasteiger partial charge in [0.15, 0.2) is 0 Å². The van der Waals surface area contributed by atoms with E-state index in [2.05, 4.69) is 15.5 Å². The molecule has 1 heterocycles. The van der Waals surface area contributed by atoms with Gasteiger partial charge >= 0.3 is 0 Å². The highest BCUT2D eigenvalue weighted by Gasteiger charge is 2.07. The van der Waals surface area contributed by atoms with E-state index in [1.54, 1.807) is 18.3 Å². The maximum absolute atomic E-state index is 11.8. The molecule has 2 aromatic rings. The third kappa shape index (κ3) is 3.87. The van der Waals surface area contributed by atoms with Gasteiger partial charge in [-0.25, -0.2) is 15.9 Å². The average molecular weight is 319 g/mol. The Morgan fingerprint density at radius 1 is 1.14 bits per heavy atom. The number of aromatic nitrogens is 1. The lowest BCUT2D eigenvalue weighted by molar-refractivity contribution is 0.0706. The van der Waals surface area contributed by atoms with E-state index in [1.165, 1.54) is 36.0 Å². The summed E-state index contributed by atoms with van der Waals surface area (Å²) in [5.74, 6) is -1.11. The van der Waals surface area contributed by atoms with Crippen LogP contribution in [0.3, 0.4) is 0 Å². The summed E-state index contributed by atoms with van der Waals surface area (Å²) < 4.78 is 0. The largest absolute Gasteiger partial charge is 0.288 e. The zero-order valence-corrected chi connectivity index (χ0v) is 11.9. The van der Waals surface area contributed by atoms with Gasteiger partial charge in [-0.1, -0.05) is 11.6 Å². The number of hydrogen-bond acceptors (Lipinski definition) is 5. The SMILES string of the molecule is O=C(NO)c1ccc(C(=O)N/N=C/c2cccnc2Cl)cc1. The number of hydroxylamine groups is 1. The van der Waals surface area contributed by atoms with Crippen LogP contribution >= 0.6 is 11.6 Å². The second-order valence-corrected chi connectivity index (χ2v) is 4.46. The maximum Gasteiger partial charge on any atom is 0.274 e. The van der Waals surface area contributed by atoms with Crippen LogP contribution in [0.2, 0.25) is 5.15 Å². The number of nitrogens with one attached hydrogen (secondary N) is 2. The lowest BCUT2D eigenvalue weighted by Gasteiger charge is -2.02. The highest BCUT2D eigenvalue weighted by molar-refractivity contribution is 6.31. The van der Waals surface area contributed by atoms with Crippen LogP contribution in [0.25, 0.3) is 0 Å². The Bertz CT molecular complexity index is 716. The van der Waals surface area contributed by atoms with Crippen molar-refractivity contribution in [3.63, 3.8) is 0 Å². The standard InChI is InChI=1S/C14H11ClN4O3/c15-12-11(2-1-7-16-12)8-17-18-13(20)9-3-5-10(6-4-9)14(21)19-22/h1-8,22H,(H,18,20)(H,19,21)/b17-8+. The Morgan fingerprint density at radius 2 is 1.77 bits per heavy atom. The molecule has 0 atom stereocenters. The number of hydrogen-bond donors (Lipinski definition) is 3. The minimum atomic E-state index is -0.656. The van der Waals surface area contributed by atoms with Gasteiger partial charge in [-0.05, 0) is 36.4 Å². The molecule has 1 aromatic carbocycles. The molecule has 0 saturated carbocycles. The number of amides is 2. The molecule has 112 valence electrons. The zero-order valence-electron chi connectivity index (χ0n) is 11.2. The number of rotatable bonds is 4. The van der Waals surface area contributed by atoms with Crippen LogP contribution in [-0.4, -0.2) is 28.2 Å². The molecule has 0 aliphatic rings. The molecule has 7 nitrogen and oxygen atoms in total. The number of halogens is 1. The van der Waals surface area contributed by atoms with E-state index < -0.39 is 11.8 Å². The third-order valence-electron chi connectivity index (χ3n) is 2.67. The number of benzene rings is 1. The summed E-state index contributed by atoms with van der Waals surface area (Å²) in [6.07, 6.45) is 2.92. The smallest absolute Gasteiger partial charge is 0.274 e. The molecule has 0 spiro atoms. The maximum atomic E-state index is 11.8. The molecular weight excluding hydrogens is 308 g/mol. The Kier molecular flexibility index (Phi) is 5.18. The second kappa shape index (κ2) is 7.30. The van der Waals surface area contributed by atoms with E-state index in [0.29, 0.717) is 11.1 Å². The van der Waals surface area contributed by atoms with Crippen molar-refractivity contribution >= 4 is 29.6 Å². The molecule has 2 amide bonds. The first-order valence-corrected chi connectivity index (χ1v) is 6.48. The summed E-state index contributed by atoms with van der Waals surface area (Å²) in [7, 11) is 0. The molecule has 0 aliphatic heterocycles. The van der Waals surface area contributed by atoms with Crippen molar-refractivity contribution < 1.29 is 14.8 Å². The normalized spacial score (nSPS) is 10.5. The fourth-order valence-corrected chi connectivity index (χ4v) is 1.73. The predicted molar refractivity (Wildman–Crippen MR) is 80.0 cm³/mol. The van der Waals surface area contributed by atoms with E-state index in [4.69, 9.17) is 16.8 Å². The minimum absolute atomic E-state index is 0.227. The number of pyridine rings is 1. The fraction of sp³-hybridized carbons (Fsp3) is 0. The van der Waals surface area contributed by atoms with Gasteiger partial charge in [0, 0.05) is 22.9 Å². The lowest BCUT2D eigenvalue weighted by Crippen LogP contribution is -2.20. The summed E-state index contributed by atoms with van der Waals surface area (Å²) in [4.78, 5) is 26.9. The first kappa shape index (κ1) is 15.6. The Hall–Kier alpha value is -2.77. The fourth-order valence-electron chi connectivity index (χ4n) is 1.56. The molecule has 0 aliphatic carbocycles. The first-order chi connectivity index (χ1) is 10.6. The summed E-state index contributed by atoms with van der Waals surface area (Å²) in [6, 6.07) is 9.08. The van der Waals surface area contributed by atoms with Crippen molar-refractivity contribution in [2.75, 3.05) is 0 Å². The van der Waals surface area contributed by atoms with Crippen molar-refractivity contribution in [2.24, 2.45) is 5.10 Å². The Labute approximate surface area is 130 Å². The summed E-state index contributed by atoms with van der Waals surface area (Å²) >= 11 is 5.84. The van der Waals surface area contributed by atoms with Crippen LogP contribution in [0.1, 0.15) is 26.3 Å². The van der Waals surface area contributed by atoms with E-state index in [-0.39, 0.29) is 10.7 Å². The molecule has 1 aromatic heterocycles. The molecule has 3 N–H and O–H groups in total. The average Bonchev–Trinajstić information content (AvgIpc) is 2.56. The lowest BCUT2D eigenvalue weighted by atomic mass is 10.1. The second-order valence-electron chi connectivity index (χ2n) is 4.10. The van der Waals surface area contributed by atoms with Crippen molar-refractivity contribution in [1.82, 2.24) is 15.9 Å². The van der Waals surface area contributed by atoms with E-state index >= 15 is 0 Å². The van der Waals surface area contributed by atoms with E-state index in [0.717, 1.165) is 0 Å².